The maximum Gasteiger partial charge on any atom is 0.263 e. The van der Waals surface area contributed by atoms with Crippen molar-refractivity contribution in [2.24, 2.45) is 10.3 Å². The minimum atomic E-state index is -0.966. The molecular formula is C17H11ClF2N4O2. The van der Waals surface area contributed by atoms with E-state index >= 15 is 0 Å². The maximum atomic E-state index is 13.2. The molecule has 2 aromatic rings. The lowest BCUT2D eigenvalue weighted by Crippen LogP contribution is -2.39. The maximum absolute atomic E-state index is 13.2. The normalized spacial score (nSPS) is 21.7. The van der Waals surface area contributed by atoms with Crippen LogP contribution in [0.1, 0.15) is 5.56 Å². The van der Waals surface area contributed by atoms with Gasteiger partial charge in [-0.1, -0.05) is 22.9 Å². The topological polar surface area (TPSA) is 65.3 Å². The van der Waals surface area contributed by atoms with E-state index in [0.29, 0.717) is 5.56 Å². The van der Waals surface area contributed by atoms with E-state index in [0.717, 1.165) is 11.0 Å². The average Bonchev–Trinajstić information content (AvgIpc) is 3.12. The van der Waals surface area contributed by atoms with Crippen molar-refractivity contribution in [1.29, 1.82) is 0 Å². The summed E-state index contributed by atoms with van der Waals surface area (Å²) in [4.78, 5) is 26.3. The first-order chi connectivity index (χ1) is 12.5. The largest absolute Gasteiger partial charge is 0.271 e. The van der Waals surface area contributed by atoms with Gasteiger partial charge < -0.3 is 0 Å². The summed E-state index contributed by atoms with van der Waals surface area (Å²) in [6.07, 6.45) is 0. The van der Waals surface area contributed by atoms with Crippen molar-refractivity contribution in [3.63, 3.8) is 0 Å². The van der Waals surface area contributed by atoms with Gasteiger partial charge in [0.15, 0.2) is 12.1 Å². The third-order valence-electron chi connectivity index (χ3n) is 4.29. The lowest BCUT2D eigenvalue weighted by Gasteiger charge is -2.21. The van der Waals surface area contributed by atoms with Gasteiger partial charge in [-0.3, -0.25) is 14.6 Å². The second-order valence-corrected chi connectivity index (χ2v) is 6.32. The lowest BCUT2D eigenvalue weighted by molar-refractivity contribution is -0.123. The van der Waals surface area contributed by atoms with Gasteiger partial charge >= 0.3 is 0 Å². The van der Waals surface area contributed by atoms with Crippen LogP contribution in [0, 0.1) is 11.6 Å². The number of carbonyl (C=O) groups is 2. The molecule has 0 spiro atoms. The summed E-state index contributed by atoms with van der Waals surface area (Å²) < 4.78 is 26.3. The van der Waals surface area contributed by atoms with E-state index in [4.69, 9.17) is 11.6 Å². The number of imide groups is 1. The predicted octanol–water partition coefficient (Wildman–Crippen LogP) is 3.11. The summed E-state index contributed by atoms with van der Waals surface area (Å²) in [5, 5.41) is 9.34. The molecule has 0 aromatic heterocycles. The van der Waals surface area contributed by atoms with Crippen LogP contribution in [-0.2, 0) is 16.1 Å². The first-order valence-electron chi connectivity index (χ1n) is 7.70. The summed E-state index contributed by atoms with van der Waals surface area (Å²) in [7, 11) is 0. The third kappa shape index (κ3) is 2.62. The van der Waals surface area contributed by atoms with Crippen molar-refractivity contribution in [2.45, 2.75) is 18.6 Å². The second kappa shape index (κ2) is 6.14. The summed E-state index contributed by atoms with van der Waals surface area (Å²) >= 11 is 6.02. The van der Waals surface area contributed by atoms with Crippen molar-refractivity contribution < 1.29 is 18.4 Å². The van der Waals surface area contributed by atoms with E-state index in [1.807, 2.05) is 0 Å². The molecule has 9 heteroatoms. The van der Waals surface area contributed by atoms with Crippen LogP contribution in [0.25, 0.3) is 0 Å². The van der Waals surface area contributed by atoms with E-state index in [-0.39, 0.29) is 17.3 Å². The van der Waals surface area contributed by atoms with E-state index < -0.39 is 35.5 Å². The molecule has 0 aliphatic carbocycles. The number of benzene rings is 2. The Hall–Kier alpha value is -2.87. The van der Waals surface area contributed by atoms with Gasteiger partial charge in [0.2, 0.25) is 0 Å². The van der Waals surface area contributed by atoms with Crippen LogP contribution in [0.3, 0.4) is 0 Å². The van der Waals surface area contributed by atoms with E-state index in [9.17, 15) is 18.4 Å². The smallest absolute Gasteiger partial charge is 0.263 e. The van der Waals surface area contributed by atoms with Gasteiger partial charge in [0.25, 0.3) is 11.8 Å². The number of hydrogen-bond donors (Lipinski definition) is 0. The molecule has 6 nitrogen and oxygen atoms in total. The van der Waals surface area contributed by atoms with Crippen LogP contribution in [0.4, 0.5) is 14.5 Å². The van der Waals surface area contributed by atoms with E-state index in [1.54, 1.807) is 0 Å². The molecule has 0 bridgehead atoms. The number of anilines is 1. The molecule has 0 unspecified atom stereocenters. The number of carbonyl (C=O) groups excluding carboxylic acids is 2. The highest BCUT2D eigenvalue weighted by Crippen LogP contribution is 2.33. The van der Waals surface area contributed by atoms with Gasteiger partial charge in [-0.25, -0.2) is 13.7 Å². The molecule has 132 valence electrons. The molecule has 0 saturated carbocycles. The van der Waals surface area contributed by atoms with Gasteiger partial charge in [-0.2, -0.15) is 5.11 Å². The molecule has 1 saturated heterocycles. The number of fused-ring (bicyclic) bond motifs is 1. The number of hydrogen-bond acceptors (Lipinski definition) is 5. The molecule has 4 rings (SSSR count). The fourth-order valence-corrected chi connectivity index (χ4v) is 3.25. The van der Waals surface area contributed by atoms with Crippen molar-refractivity contribution >= 4 is 29.1 Å². The van der Waals surface area contributed by atoms with Gasteiger partial charge in [0.1, 0.15) is 11.6 Å². The molecule has 2 atom stereocenters. The SMILES string of the molecule is O=C1[C@@H]2[C@@H](N=NN2Cc2ccc(F)cc2Cl)C(=O)N1c1ccc(F)cc1. The van der Waals surface area contributed by atoms with Crippen LogP contribution in [0.5, 0.6) is 0 Å². The standard InChI is InChI=1S/C17H11ClF2N4O2/c18-13-7-11(20)2-1-9(13)8-23-15-14(21-22-23)16(25)24(17(15)26)12-5-3-10(19)4-6-12/h1-7,14-15H,8H2/t14-,15+/m1/s1. The van der Waals surface area contributed by atoms with Crippen LogP contribution in [-0.4, -0.2) is 28.9 Å². The summed E-state index contributed by atoms with van der Waals surface area (Å²) in [6.45, 7) is 0.0973. The summed E-state index contributed by atoms with van der Waals surface area (Å²) in [5.74, 6) is -1.98. The number of nitrogens with zero attached hydrogens (tertiary/aromatic N) is 4. The molecule has 2 aliphatic heterocycles. The summed E-state index contributed by atoms with van der Waals surface area (Å²) in [6, 6.07) is 7.06. The molecule has 2 aromatic carbocycles. The highest BCUT2D eigenvalue weighted by Gasteiger charge is 2.54. The highest BCUT2D eigenvalue weighted by atomic mass is 35.5. The van der Waals surface area contributed by atoms with Crippen LogP contribution < -0.4 is 4.90 Å². The zero-order valence-electron chi connectivity index (χ0n) is 13.1. The van der Waals surface area contributed by atoms with Crippen LogP contribution in [0.15, 0.2) is 52.8 Å². The zero-order valence-corrected chi connectivity index (χ0v) is 13.9. The molecule has 26 heavy (non-hydrogen) atoms. The molecule has 1 fully saturated rings. The second-order valence-electron chi connectivity index (χ2n) is 5.92. The Morgan fingerprint density at radius 3 is 2.38 bits per heavy atom. The molecule has 2 heterocycles. The molecule has 2 amide bonds. The minimum absolute atomic E-state index is 0.0973. The first-order valence-corrected chi connectivity index (χ1v) is 8.08. The third-order valence-corrected chi connectivity index (χ3v) is 4.64. The van der Waals surface area contributed by atoms with E-state index in [1.165, 1.54) is 41.4 Å². The zero-order chi connectivity index (χ0) is 18.4. The molecule has 0 N–H and O–H groups in total. The molecule has 0 radical (unpaired) electrons. The Bertz CT molecular complexity index is 935. The average molecular weight is 377 g/mol. The van der Waals surface area contributed by atoms with Gasteiger partial charge in [-0.05, 0) is 42.0 Å². The van der Waals surface area contributed by atoms with Gasteiger partial charge in [0, 0.05) is 5.02 Å². The Kier molecular flexibility index (Phi) is 3.91. The van der Waals surface area contributed by atoms with Gasteiger partial charge in [-0.15, -0.1) is 0 Å². The molecular weight excluding hydrogens is 366 g/mol. The van der Waals surface area contributed by atoms with Crippen molar-refractivity contribution in [2.75, 3.05) is 4.90 Å². The van der Waals surface area contributed by atoms with Gasteiger partial charge in [0.05, 0.1) is 12.2 Å². The van der Waals surface area contributed by atoms with Crippen LogP contribution >= 0.6 is 11.6 Å². The van der Waals surface area contributed by atoms with Crippen molar-refractivity contribution in [3.8, 4) is 0 Å². The van der Waals surface area contributed by atoms with E-state index in [2.05, 4.69) is 10.3 Å². The summed E-state index contributed by atoms with van der Waals surface area (Å²) in [5.41, 5.74) is 0.818. The van der Waals surface area contributed by atoms with Crippen molar-refractivity contribution in [1.82, 2.24) is 5.01 Å². The first kappa shape index (κ1) is 16.6. The fraction of sp³-hybridized carbons (Fsp3) is 0.176. The quantitative estimate of drug-likeness (QED) is 0.773. The highest BCUT2D eigenvalue weighted by molar-refractivity contribution is 6.31. The van der Waals surface area contributed by atoms with Crippen molar-refractivity contribution in [3.05, 3.63) is 64.7 Å². The fourth-order valence-electron chi connectivity index (χ4n) is 3.02. The number of halogens is 3. The Morgan fingerprint density at radius 1 is 1.00 bits per heavy atom. The Balaban J connectivity index is 1.61. The van der Waals surface area contributed by atoms with Crippen LogP contribution in [0.2, 0.25) is 5.02 Å². The lowest BCUT2D eigenvalue weighted by atomic mass is 10.1. The Morgan fingerprint density at radius 2 is 1.69 bits per heavy atom. The predicted molar refractivity (Wildman–Crippen MR) is 88.3 cm³/mol. The number of amides is 2. The monoisotopic (exact) mass is 376 g/mol. The molecule has 2 aliphatic rings. The Labute approximate surface area is 151 Å². The number of rotatable bonds is 3. The minimum Gasteiger partial charge on any atom is -0.271 e.